The fourth-order valence-corrected chi connectivity index (χ4v) is 11.3. The molecule has 2 unspecified atom stereocenters. The summed E-state index contributed by atoms with van der Waals surface area (Å²) in [5.41, 5.74) is 1.67. The lowest BCUT2D eigenvalue weighted by atomic mass is 9.77. The van der Waals surface area contributed by atoms with Crippen molar-refractivity contribution in [1.29, 1.82) is 0 Å². The number of nitrogens with one attached hydrogen (secondary N) is 3. The number of esters is 1. The summed E-state index contributed by atoms with van der Waals surface area (Å²) in [5, 5.41) is 19.7. The maximum Gasteiger partial charge on any atom is 0.356 e. The molecule has 3 N–H and O–H groups in total. The van der Waals surface area contributed by atoms with Gasteiger partial charge >= 0.3 is 17.1 Å². The first kappa shape index (κ1) is 50.6. The van der Waals surface area contributed by atoms with E-state index in [1.807, 2.05) is 152 Å². The van der Waals surface area contributed by atoms with Crippen molar-refractivity contribution in [2.45, 2.75) is 34.8 Å². The van der Waals surface area contributed by atoms with E-state index in [-0.39, 0.29) is 28.0 Å². The van der Waals surface area contributed by atoms with Crippen LogP contribution >= 0.6 is 34.9 Å². The van der Waals surface area contributed by atoms with Crippen molar-refractivity contribution in [2.24, 2.45) is 5.16 Å². The molecule has 17 nitrogen and oxygen atoms in total. The third-order valence-electron chi connectivity index (χ3n) is 12.1. The van der Waals surface area contributed by atoms with Crippen LogP contribution in [0.25, 0.3) is 0 Å². The van der Waals surface area contributed by atoms with Crippen LogP contribution in [0.2, 0.25) is 0 Å². The lowest BCUT2D eigenvalue weighted by Gasteiger charge is -2.49. The molecule has 0 bridgehead atoms. The largest absolute Gasteiger partial charge is 0.448 e. The molecule has 7 aromatic rings. The lowest BCUT2D eigenvalue weighted by molar-refractivity contribution is -0.154. The number of likely N-dealkylation sites (N-methyl/N-ethyl adjacent to an activating group) is 1. The highest BCUT2D eigenvalue weighted by Crippen LogP contribution is 2.43. The Morgan fingerprint density at radius 2 is 1.41 bits per heavy atom. The van der Waals surface area contributed by atoms with Crippen LogP contribution in [0, 0.1) is 0 Å². The second-order valence-electron chi connectivity index (χ2n) is 16.9. The Bertz CT molecular complexity index is 3250. The van der Waals surface area contributed by atoms with Gasteiger partial charge in [0.15, 0.2) is 22.1 Å². The molecule has 2 aliphatic heterocycles. The van der Waals surface area contributed by atoms with Crippen LogP contribution in [0.15, 0.2) is 200 Å². The molecule has 0 aliphatic carbocycles. The Hall–Kier alpha value is -8.33. The number of aromatic amines is 1. The average Bonchev–Trinajstić information content (AvgIpc) is 3.90. The van der Waals surface area contributed by atoms with E-state index in [0.29, 0.717) is 21.8 Å². The summed E-state index contributed by atoms with van der Waals surface area (Å²) in [7, 11) is 4.34. The molecule has 2 aromatic heterocycles. The van der Waals surface area contributed by atoms with Gasteiger partial charge in [-0.1, -0.05) is 169 Å². The molecule has 0 spiro atoms. The Morgan fingerprint density at radius 3 is 1.95 bits per heavy atom. The fraction of sp³-hybridized carbons (Fsp3) is 0.167. The molecule has 0 radical (unpaired) electrons. The molecule has 1 saturated heterocycles. The molecule has 2 aliphatic rings. The van der Waals surface area contributed by atoms with Crippen molar-refractivity contribution < 1.29 is 28.8 Å². The minimum absolute atomic E-state index is 0.00239. The van der Waals surface area contributed by atoms with Gasteiger partial charge in [-0.2, -0.15) is 0 Å². The number of thiazole rings is 1. The second-order valence-corrected chi connectivity index (χ2v) is 19.7. The highest BCUT2D eigenvalue weighted by Gasteiger charge is 2.55. The van der Waals surface area contributed by atoms with Gasteiger partial charge in [0.05, 0.1) is 0 Å². The van der Waals surface area contributed by atoms with Crippen LogP contribution in [0.1, 0.15) is 39.6 Å². The number of oxime groups is 1. The Labute approximate surface area is 437 Å². The number of carbonyl (C=O) groups is 4. The summed E-state index contributed by atoms with van der Waals surface area (Å²) in [6.45, 7) is -0.443. The van der Waals surface area contributed by atoms with Crippen LogP contribution in [0.3, 0.4) is 0 Å². The van der Waals surface area contributed by atoms with Crippen LogP contribution < -0.4 is 21.8 Å². The minimum Gasteiger partial charge on any atom is -0.448 e. The Morgan fingerprint density at radius 1 is 0.851 bits per heavy atom. The molecule has 0 saturated carbocycles. The van der Waals surface area contributed by atoms with Crippen LogP contribution in [0.5, 0.6) is 0 Å². The number of amides is 3. The average molecular weight is 1050 g/mol. The van der Waals surface area contributed by atoms with E-state index in [1.54, 1.807) is 11.5 Å². The predicted octanol–water partition coefficient (Wildman–Crippen LogP) is 6.52. The SMILES string of the molecule is CON=C(C(=O)NC1C(=O)N2C(C(=O)OC(c3ccccc3)c3ccccc3)=C(C=CSc3n[nH]c(=O)c(=O)n3CC(=O)N(C)C)CSC12)c1csc(NC(c2ccccc2)(c2ccccc2)c2ccccc2)n1. The zero-order valence-corrected chi connectivity index (χ0v) is 42.4. The Kier molecular flexibility index (Phi) is 15.5. The predicted molar refractivity (Wildman–Crippen MR) is 284 cm³/mol. The van der Waals surface area contributed by atoms with E-state index in [1.165, 1.54) is 59.5 Å². The molecule has 374 valence electrons. The third-order valence-corrected chi connectivity index (χ3v) is 15.0. The van der Waals surface area contributed by atoms with Gasteiger partial charge in [0, 0.05) is 25.2 Å². The number of hydrogen-bond acceptors (Lipinski definition) is 15. The first-order valence-electron chi connectivity index (χ1n) is 23.0. The molecule has 4 heterocycles. The van der Waals surface area contributed by atoms with Crippen molar-refractivity contribution in [3.63, 3.8) is 0 Å². The summed E-state index contributed by atoms with van der Waals surface area (Å²) < 4.78 is 7.28. The van der Waals surface area contributed by atoms with Crippen molar-refractivity contribution in [3.8, 4) is 0 Å². The van der Waals surface area contributed by atoms with Crippen molar-refractivity contribution in [3.05, 3.63) is 234 Å². The zero-order valence-electron chi connectivity index (χ0n) is 40.0. The summed E-state index contributed by atoms with van der Waals surface area (Å²) in [6.07, 6.45) is 0.715. The summed E-state index contributed by atoms with van der Waals surface area (Å²) >= 11 is 3.48. The number of nitrogens with zero attached hydrogens (tertiary/aromatic N) is 6. The van der Waals surface area contributed by atoms with E-state index in [4.69, 9.17) is 14.6 Å². The van der Waals surface area contributed by atoms with E-state index in [0.717, 1.165) is 33.0 Å². The van der Waals surface area contributed by atoms with Gasteiger partial charge in [-0.25, -0.2) is 14.9 Å². The maximum atomic E-state index is 14.7. The quantitative estimate of drug-likeness (QED) is 0.0159. The number of benzene rings is 5. The number of H-pyrrole nitrogens is 1. The van der Waals surface area contributed by atoms with Gasteiger partial charge in [0.25, 0.3) is 11.8 Å². The second kappa shape index (κ2) is 22.6. The topological polar surface area (TPSA) is 210 Å². The number of thioether (sulfide) groups is 2. The molecule has 2 atom stereocenters. The molecule has 74 heavy (non-hydrogen) atoms. The van der Waals surface area contributed by atoms with Crippen LogP contribution in [-0.2, 0) is 40.8 Å². The molecular weight excluding hydrogens is 999 g/mol. The number of carbonyl (C=O) groups excluding carboxylic acids is 4. The molecule has 5 aromatic carbocycles. The monoisotopic (exact) mass is 1050 g/mol. The minimum atomic E-state index is -1.11. The number of β-lactam (4-membered cyclic amide) rings is 1. The summed E-state index contributed by atoms with van der Waals surface area (Å²) in [4.78, 5) is 94.0. The van der Waals surface area contributed by atoms with E-state index in [2.05, 4.69) is 26.0 Å². The van der Waals surface area contributed by atoms with E-state index >= 15 is 0 Å². The highest BCUT2D eigenvalue weighted by atomic mass is 32.2. The smallest absolute Gasteiger partial charge is 0.356 e. The molecule has 1 fully saturated rings. The van der Waals surface area contributed by atoms with Crippen molar-refractivity contribution >= 4 is 69.4 Å². The van der Waals surface area contributed by atoms with Gasteiger partial charge in [0.2, 0.25) is 5.91 Å². The summed E-state index contributed by atoms with van der Waals surface area (Å²) in [6, 6.07) is 47.2. The number of anilines is 1. The standard InChI is InChI=1S/C54H47N9O8S3/c1-61(2)41(64)31-62-49(68)47(66)58-59-53(62)72-30-29-36-32-73-50-43(48(67)63(50)44(36)51(69)71-45(34-19-9-4-10-20-34)35-21-11-5-12-22-35)56-46(65)42(60-70-3)40-33-74-52(55-40)57-54(37-23-13-6-14-24-37,38-25-15-7-16-26-38)39-27-17-8-18-28-39/h4-30,33,43,45,50H,31-32H2,1-3H3,(H,55,57)(H,56,65)(H,58,66). The number of aromatic nitrogens is 4. The fourth-order valence-electron chi connectivity index (χ4n) is 8.49. The van der Waals surface area contributed by atoms with Crippen molar-refractivity contribution in [1.82, 2.24) is 34.9 Å². The van der Waals surface area contributed by atoms with E-state index in [9.17, 15) is 28.8 Å². The van der Waals surface area contributed by atoms with Gasteiger partial charge in [-0.05, 0) is 44.9 Å². The third kappa shape index (κ3) is 10.5. The normalized spacial score (nSPS) is 15.6. The number of fused-ring (bicyclic) bond motifs is 1. The van der Waals surface area contributed by atoms with Crippen LogP contribution in [0.4, 0.5) is 5.13 Å². The molecular formula is C54H47N9O8S3. The highest BCUT2D eigenvalue weighted by molar-refractivity contribution is 8.02. The van der Waals surface area contributed by atoms with E-state index < -0.39 is 64.4 Å². The number of hydrogen-bond donors (Lipinski definition) is 3. The first-order chi connectivity index (χ1) is 36.0. The van der Waals surface area contributed by atoms with Gasteiger partial charge in [-0.15, -0.1) is 28.2 Å². The molecule has 9 rings (SSSR count). The van der Waals surface area contributed by atoms with Gasteiger partial charge < -0.3 is 25.1 Å². The number of allylic oxidation sites excluding steroid dienone is 1. The van der Waals surface area contributed by atoms with Crippen molar-refractivity contribution in [2.75, 3.05) is 32.3 Å². The maximum absolute atomic E-state index is 14.7. The molecule has 3 amide bonds. The summed E-state index contributed by atoms with van der Waals surface area (Å²) in [5.74, 6) is -2.42. The number of rotatable bonds is 18. The van der Waals surface area contributed by atoms with Gasteiger partial charge in [0.1, 0.15) is 42.0 Å². The van der Waals surface area contributed by atoms with Gasteiger partial charge in [-0.3, -0.25) is 33.4 Å². The number of ether oxygens (including phenoxy) is 1. The Balaban J connectivity index is 1.01. The molecule has 20 heteroatoms. The van der Waals surface area contributed by atoms with Crippen LogP contribution in [-0.4, -0.2) is 97.3 Å². The first-order valence-corrected chi connectivity index (χ1v) is 25.8. The zero-order chi connectivity index (χ0) is 51.8. The lowest BCUT2D eigenvalue weighted by Crippen LogP contribution is -2.71.